The number of Topliss-reactive ketones (excluding diaryl/α,β-unsaturated/α-hetero) is 2. The molecule has 0 rings (SSSR count). The second-order valence-electron chi connectivity index (χ2n) is 13.2. The molecule has 1 unspecified atom stereocenters. The molecule has 0 radical (unpaired) electrons. The Bertz CT molecular complexity index is 867. The Hall–Kier alpha value is -2.37. The number of hydrogen-bond donors (Lipinski definition) is 4. The minimum atomic E-state index is -0.402. The van der Waals surface area contributed by atoms with Crippen molar-refractivity contribution in [2.24, 2.45) is 21.6 Å². The highest BCUT2D eigenvalue weighted by molar-refractivity contribution is 5.90. The molecule has 1 atom stereocenters. The summed E-state index contributed by atoms with van der Waals surface area (Å²) in [6, 6.07) is 0. The molecule has 1 amide bonds. The van der Waals surface area contributed by atoms with Gasteiger partial charge in [-0.2, -0.15) is 0 Å². The Labute approximate surface area is 272 Å². The lowest BCUT2D eigenvalue weighted by Gasteiger charge is -2.28. The van der Waals surface area contributed by atoms with Crippen molar-refractivity contribution in [1.82, 2.24) is 10.6 Å². The van der Waals surface area contributed by atoms with Crippen LogP contribution in [-0.2, 0) is 23.9 Å². The highest BCUT2D eigenvalue weighted by atomic mass is 16.5. The maximum absolute atomic E-state index is 12.5. The van der Waals surface area contributed by atoms with Crippen LogP contribution in [0.15, 0.2) is 10.3 Å². The first-order valence-electron chi connectivity index (χ1n) is 16.9. The lowest BCUT2D eigenvalue weighted by Crippen LogP contribution is -2.46. The van der Waals surface area contributed by atoms with E-state index < -0.39 is 5.54 Å². The van der Waals surface area contributed by atoms with E-state index in [9.17, 15) is 19.6 Å². The maximum Gasteiger partial charge on any atom is 0.219 e. The molecule has 45 heavy (non-hydrogen) atoms. The summed E-state index contributed by atoms with van der Waals surface area (Å²) >= 11 is 0. The summed E-state index contributed by atoms with van der Waals surface area (Å²) in [5.41, 5.74) is 0.789. The molecule has 4 N–H and O–H groups in total. The average molecular weight is 641 g/mol. The highest BCUT2D eigenvalue weighted by Crippen LogP contribution is 2.28. The standard InChI is InChI=1S/C34H64N4O7/c1-8-32(41)35-22-24-45-26-25-44-23-12-18-31(40)17-10-16-30(39)15-9-13-29(14-11-20-33(4,5)27(2)37-42)19-21-36-34(6,7)28(3)38-43/h29,36,42-43H,8-26H2,1-7H3,(H,35,41)/b37-27-,38-28-. The number of ether oxygens (including phenoxy) is 2. The minimum absolute atomic E-state index is 0.00735. The normalized spacial score (nSPS) is 13.6. The predicted molar refractivity (Wildman–Crippen MR) is 180 cm³/mol. The maximum atomic E-state index is 12.5. The quantitative estimate of drug-likeness (QED) is 0.0332. The van der Waals surface area contributed by atoms with E-state index in [1.54, 1.807) is 13.8 Å². The number of carbonyl (C=O) groups excluding carboxylic acids is 3. The van der Waals surface area contributed by atoms with E-state index in [0.29, 0.717) is 89.5 Å². The molecule has 0 aliphatic heterocycles. The van der Waals surface area contributed by atoms with Crippen LogP contribution in [0.3, 0.4) is 0 Å². The molecule has 0 saturated heterocycles. The van der Waals surface area contributed by atoms with Crippen molar-refractivity contribution in [2.75, 3.05) is 39.5 Å². The van der Waals surface area contributed by atoms with Crippen LogP contribution in [0.25, 0.3) is 0 Å². The monoisotopic (exact) mass is 640 g/mol. The van der Waals surface area contributed by atoms with Crippen LogP contribution in [0, 0.1) is 11.3 Å². The molecule has 11 nitrogen and oxygen atoms in total. The largest absolute Gasteiger partial charge is 0.411 e. The summed E-state index contributed by atoms with van der Waals surface area (Å²) in [6.45, 7) is 16.7. The summed E-state index contributed by atoms with van der Waals surface area (Å²) in [5.74, 6) is 0.825. The lowest BCUT2D eigenvalue weighted by atomic mass is 9.81. The predicted octanol–water partition coefficient (Wildman–Crippen LogP) is 6.08. The molecule has 0 spiro atoms. The number of amides is 1. The zero-order valence-corrected chi connectivity index (χ0v) is 29.3. The van der Waals surface area contributed by atoms with Crippen molar-refractivity contribution >= 4 is 28.9 Å². The van der Waals surface area contributed by atoms with Crippen molar-refractivity contribution in [1.29, 1.82) is 0 Å². The molecular formula is C34H64N4O7. The third-order valence-electron chi connectivity index (χ3n) is 8.70. The van der Waals surface area contributed by atoms with Gasteiger partial charge in [-0.3, -0.25) is 14.4 Å². The van der Waals surface area contributed by atoms with E-state index >= 15 is 0 Å². The van der Waals surface area contributed by atoms with E-state index in [4.69, 9.17) is 14.7 Å². The second kappa shape index (κ2) is 24.8. The topological polar surface area (TPSA) is 159 Å². The van der Waals surface area contributed by atoms with Crippen LogP contribution < -0.4 is 10.6 Å². The van der Waals surface area contributed by atoms with Gasteiger partial charge in [0.25, 0.3) is 0 Å². The van der Waals surface area contributed by atoms with Gasteiger partial charge in [-0.25, -0.2) is 0 Å². The summed E-state index contributed by atoms with van der Waals surface area (Å²) in [4.78, 5) is 35.9. The molecule has 0 aromatic heterocycles. The third kappa shape index (κ3) is 21.9. The van der Waals surface area contributed by atoms with Crippen LogP contribution in [-0.4, -0.2) is 84.4 Å². The van der Waals surface area contributed by atoms with Gasteiger partial charge < -0.3 is 30.5 Å². The Morgan fingerprint density at radius 1 is 0.711 bits per heavy atom. The van der Waals surface area contributed by atoms with Crippen LogP contribution in [0.5, 0.6) is 0 Å². The van der Waals surface area contributed by atoms with Crippen molar-refractivity contribution in [3.05, 3.63) is 0 Å². The second-order valence-corrected chi connectivity index (χ2v) is 13.2. The molecule has 0 bridgehead atoms. The summed E-state index contributed by atoms with van der Waals surface area (Å²) in [7, 11) is 0. The van der Waals surface area contributed by atoms with Gasteiger partial charge in [-0.05, 0) is 78.7 Å². The molecule has 0 aromatic rings. The van der Waals surface area contributed by atoms with Gasteiger partial charge in [0.2, 0.25) is 5.91 Å². The van der Waals surface area contributed by atoms with E-state index in [2.05, 4.69) is 34.8 Å². The third-order valence-corrected chi connectivity index (χ3v) is 8.70. The molecule has 0 heterocycles. The number of rotatable bonds is 29. The van der Waals surface area contributed by atoms with Gasteiger partial charge in [0.05, 0.1) is 36.8 Å². The van der Waals surface area contributed by atoms with Crippen LogP contribution in [0.2, 0.25) is 0 Å². The molecule has 0 fully saturated rings. The Kier molecular flexibility index (Phi) is 23.5. The number of carbonyl (C=O) groups is 3. The lowest BCUT2D eigenvalue weighted by molar-refractivity contribution is -0.122. The number of oxime groups is 2. The zero-order chi connectivity index (χ0) is 34.1. The van der Waals surface area contributed by atoms with Crippen LogP contribution >= 0.6 is 0 Å². The van der Waals surface area contributed by atoms with Gasteiger partial charge >= 0.3 is 0 Å². The first-order chi connectivity index (χ1) is 21.3. The number of nitrogens with zero attached hydrogens (tertiary/aromatic N) is 2. The summed E-state index contributed by atoms with van der Waals surface area (Å²) in [5, 5.41) is 31.3. The Morgan fingerprint density at radius 2 is 1.27 bits per heavy atom. The zero-order valence-electron chi connectivity index (χ0n) is 29.3. The molecule has 0 aliphatic carbocycles. The van der Waals surface area contributed by atoms with Gasteiger partial charge in [-0.1, -0.05) is 43.9 Å². The van der Waals surface area contributed by atoms with E-state index in [1.165, 1.54) is 0 Å². The fourth-order valence-corrected chi connectivity index (χ4v) is 4.83. The van der Waals surface area contributed by atoms with Crippen molar-refractivity contribution in [3.8, 4) is 0 Å². The van der Waals surface area contributed by atoms with Gasteiger partial charge in [-0.15, -0.1) is 0 Å². The SMILES string of the molecule is CCC(=O)NCCOCCOCCCC(=O)CCCC(=O)CCCC(CCCC(C)(C)/C(C)=N\O)CCNC(C)(C)/C(C)=N\O. The molecule has 262 valence electrons. The average Bonchev–Trinajstić information content (AvgIpc) is 3.00. The van der Waals surface area contributed by atoms with E-state index in [0.717, 1.165) is 50.8 Å². The number of ketones is 2. The molecule has 0 aliphatic rings. The Morgan fingerprint density at radius 3 is 1.87 bits per heavy atom. The molecule has 0 saturated carbocycles. The van der Waals surface area contributed by atoms with Crippen molar-refractivity contribution in [2.45, 2.75) is 137 Å². The minimum Gasteiger partial charge on any atom is -0.411 e. The smallest absolute Gasteiger partial charge is 0.219 e. The first-order valence-corrected chi connectivity index (χ1v) is 16.9. The fourth-order valence-electron chi connectivity index (χ4n) is 4.83. The van der Waals surface area contributed by atoms with Crippen molar-refractivity contribution in [3.63, 3.8) is 0 Å². The van der Waals surface area contributed by atoms with Crippen LogP contribution in [0.1, 0.15) is 132 Å². The fraction of sp³-hybridized carbons (Fsp3) is 0.853. The molecular weight excluding hydrogens is 576 g/mol. The number of nitrogens with one attached hydrogen (secondary N) is 2. The Balaban J connectivity index is 4.30. The highest BCUT2D eigenvalue weighted by Gasteiger charge is 2.24. The molecule has 0 aromatic carbocycles. The summed E-state index contributed by atoms with van der Waals surface area (Å²) in [6.07, 6.45) is 9.23. The van der Waals surface area contributed by atoms with E-state index in [-0.39, 0.29) is 22.9 Å². The van der Waals surface area contributed by atoms with E-state index in [1.807, 2.05) is 20.8 Å². The summed E-state index contributed by atoms with van der Waals surface area (Å²) < 4.78 is 10.9. The van der Waals surface area contributed by atoms with Crippen molar-refractivity contribution < 1.29 is 34.3 Å². The van der Waals surface area contributed by atoms with Gasteiger partial charge in [0.15, 0.2) is 0 Å². The van der Waals surface area contributed by atoms with Crippen LogP contribution in [0.4, 0.5) is 0 Å². The molecule has 11 heteroatoms. The van der Waals surface area contributed by atoms with Gasteiger partial charge in [0, 0.05) is 50.7 Å². The number of hydrogen-bond acceptors (Lipinski definition) is 10. The van der Waals surface area contributed by atoms with Gasteiger partial charge in [0.1, 0.15) is 11.6 Å². The first kappa shape index (κ1) is 42.6.